The molecule has 66 valence electrons. The SMILES string of the molecule is CCNC(C)[C@@H]1CCC[C@H]1O. The Hall–Kier alpha value is -0.0800. The second-order valence-corrected chi connectivity index (χ2v) is 3.51. The molecule has 0 saturated heterocycles. The maximum Gasteiger partial charge on any atom is 0.0583 e. The Bertz CT molecular complexity index is 116. The number of rotatable bonds is 3. The third-order valence-electron chi connectivity index (χ3n) is 2.70. The predicted molar refractivity (Wildman–Crippen MR) is 46.5 cm³/mol. The molecular formula is C9H19NO. The Balaban J connectivity index is 2.33. The number of hydrogen-bond acceptors (Lipinski definition) is 2. The number of hydrogen-bond donors (Lipinski definition) is 2. The van der Waals surface area contributed by atoms with Crippen LogP contribution < -0.4 is 5.32 Å². The van der Waals surface area contributed by atoms with Gasteiger partial charge >= 0.3 is 0 Å². The Morgan fingerprint density at radius 2 is 2.27 bits per heavy atom. The van der Waals surface area contributed by atoms with E-state index in [-0.39, 0.29) is 6.10 Å². The van der Waals surface area contributed by atoms with Crippen molar-refractivity contribution in [3.8, 4) is 0 Å². The fourth-order valence-corrected chi connectivity index (χ4v) is 2.03. The van der Waals surface area contributed by atoms with Crippen LogP contribution in [0.3, 0.4) is 0 Å². The van der Waals surface area contributed by atoms with Crippen molar-refractivity contribution in [2.45, 2.75) is 45.3 Å². The lowest BCUT2D eigenvalue weighted by Crippen LogP contribution is -2.37. The fraction of sp³-hybridized carbons (Fsp3) is 1.00. The Morgan fingerprint density at radius 1 is 1.55 bits per heavy atom. The zero-order valence-electron chi connectivity index (χ0n) is 7.51. The Morgan fingerprint density at radius 3 is 2.73 bits per heavy atom. The van der Waals surface area contributed by atoms with Gasteiger partial charge in [0.15, 0.2) is 0 Å². The molecule has 0 aromatic rings. The summed E-state index contributed by atoms with van der Waals surface area (Å²) in [5.74, 6) is 0.495. The molecule has 0 aromatic heterocycles. The van der Waals surface area contributed by atoms with Crippen LogP contribution in [0.15, 0.2) is 0 Å². The van der Waals surface area contributed by atoms with Gasteiger partial charge in [-0.25, -0.2) is 0 Å². The zero-order chi connectivity index (χ0) is 8.27. The van der Waals surface area contributed by atoms with E-state index < -0.39 is 0 Å². The van der Waals surface area contributed by atoms with Crippen molar-refractivity contribution in [1.82, 2.24) is 5.32 Å². The lowest BCUT2D eigenvalue weighted by molar-refractivity contribution is 0.114. The van der Waals surface area contributed by atoms with Gasteiger partial charge in [0, 0.05) is 6.04 Å². The van der Waals surface area contributed by atoms with Gasteiger partial charge in [0.2, 0.25) is 0 Å². The summed E-state index contributed by atoms with van der Waals surface area (Å²) in [5.41, 5.74) is 0. The van der Waals surface area contributed by atoms with E-state index in [2.05, 4.69) is 19.2 Å². The van der Waals surface area contributed by atoms with Gasteiger partial charge in [-0.2, -0.15) is 0 Å². The molecule has 0 bridgehead atoms. The summed E-state index contributed by atoms with van der Waals surface area (Å²) in [6, 6.07) is 0.484. The first-order valence-electron chi connectivity index (χ1n) is 4.67. The van der Waals surface area contributed by atoms with E-state index in [9.17, 15) is 5.11 Å². The molecule has 2 N–H and O–H groups in total. The smallest absolute Gasteiger partial charge is 0.0583 e. The minimum atomic E-state index is -0.0518. The molecule has 0 heterocycles. The molecule has 1 aliphatic rings. The van der Waals surface area contributed by atoms with Gasteiger partial charge in [-0.3, -0.25) is 0 Å². The van der Waals surface area contributed by atoms with Crippen LogP contribution in [0.4, 0.5) is 0 Å². The van der Waals surface area contributed by atoms with Crippen molar-refractivity contribution in [1.29, 1.82) is 0 Å². The monoisotopic (exact) mass is 157 g/mol. The first-order chi connectivity index (χ1) is 5.25. The summed E-state index contributed by atoms with van der Waals surface area (Å²) in [4.78, 5) is 0. The molecule has 0 radical (unpaired) electrons. The van der Waals surface area contributed by atoms with Crippen LogP contribution in [-0.4, -0.2) is 23.8 Å². The van der Waals surface area contributed by atoms with E-state index >= 15 is 0 Å². The summed E-state index contributed by atoms with van der Waals surface area (Å²) in [5, 5.41) is 12.9. The third-order valence-corrected chi connectivity index (χ3v) is 2.70. The second-order valence-electron chi connectivity index (χ2n) is 3.51. The van der Waals surface area contributed by atoms with Gasteiger partial charge in [0.05, 0.1) is 6.10 Å². The molecule has 0 aliphatic heterocycles. The van der Waals surface area contributed by atoms with Crippen LogP contribution in [-0.2, 0) is 0 Å². The lowest BCUT2D eigenvalue weighted by Gasteiger charge is -2.22. The maximum absolute atomic E-state index is 9.55. The molecule has 1 unspecified atom stereocenters. The van der Waals surface area contributed by atoms with Crippen molar-refractivity contribution >= 4 is 0 Å². The third kappa shape index (κ3) is 2.17. The van der Waals surface area contributed by atoms with Crippen LogP contribution in [0.1, 0.15) is 33.1 Å². The fourth-order valence-electron chi connectivity index (χ4n) is 2.03. The number of aliphatic hydroxyl groups is 1. The Labute approximate surface area is 69.0 Å². The van der Waals surface area contributed by atoms with E-state index in [4.69, 9.17) is 0 Å². The average Bonchev–Trinajstić information content (AvgIpc) is 2.36. The van der Waals surface area contributed by atoms with Gasteiger partial charge in [-0.05, 0) is 32.2 Å². The average molecular weight is 157 g/mol. The van der Waals surface area contributed by atoms with Gasteiger partial charge in [-0.15, -0.1) is 0 Å². The Kier molecular flexibility index (Phi) is 3.34. The van der Waals surface area contributed by atoms with Crippen molar-refractivity contribution in [2.24, 2.45) is 5.92 Å². The molecule has 0 amide bonds. The van der Waals surface area contributed by atoms with Crippen molar-refractivity contribution in [3.63, 3.8) is 0 Å². The molecule has 11 heavy (non-hydrogen) atoms. The molecule has 1 rings (SSSR count). The highest BCUT2D eigenvalue weighted by Crippen LogP contribution is 2.27. The maximum atomic E-state index is 9.55. The summed E-state index contributed by atoms with van der Waals surface area (Å²) in [6.07, 6.45) is 3.33. The molecule has 3 atom stereocenters. The van der Waals surface area contributed by atoms with Gasteiger partial charge in [-0.1, -0.05) is 13.3 Å². The normalized spacial score (nSPS) is 34.1. The van der Waals surface area contributed by atoms with Crippen molar-refractivity contribution in [3.05, 3.63) is 0 Å². The van der Waals surface area contributed by atoms with Crippen molar-refractivity contribution in [2.75, 3.05) is 6.54 Å². The molecule has 1 saturated carbocycles. The standard InChI is InChI=1S/C9H19NO/c1-3-10-7(2)8-5-4-6-9(8)11/h7-11H,3-6H2,1-2H3/t7?,8-,9+/m0/s1. The van der Waals surface area contributed by atoms with Gasteiger partial charge in [0.1, 0.15) is 0 Å². The molecule has 2 heteroatoms. The summed E-state index contributed by atoms with van der Waals surface area (Å²) in [6.45, 7) is 5.28. The quantitative estimate of drug-likeness (QED) is 0.644. The molecule has 2 nitrogen and oxygen atoms in total. The highest BCUT2D eigenvalue weighted by molar-refractivity contribution is 4.83. The topological polar surface area (TPSA) is 32.3 Å². The van der Waals surface area contributed by atoms with E-state index in [0.717, 1.165) is 13.0 Å². The first kappa shape index (κ1) is 9.01. The van der Waals surface area contributed by atoms with Crippen LogP contribution in [0, 0.1) is 5.92 Å². The number of nitrogens with one attached hydrogen (secondary N) is 1. The molecule has 1 fully saturated rings. The van der Waals surface area contributed by atoms with E-state index in [1.165, 1.54) is 12.8 Å². The van der Waals surface area contributed by atoms with E-state index in [1.807, 2.05) is 0 Å². The molecular weight excluding hydrogens is 138 g/mol. The second kappa shape index (κ2) is 4.07. The highest BCUT2D eigenvalue weighted by Gasteiger charge is 2.29. The summed E-state index contributed by atoms with van der Waals surface area (Å²) >= 11 is 0. The molecule has 0 aromatic carbocycles. The van der Waals surface area contributed by atoms with Gasteiger partial charge in [0.25, 0.3) is 0 Å². The number of aliphatic hydroxyl groups excluding tert-OH is 1. The van der Waals surface area contributed by atoms with Crippen molar-refractivity contribution < 1.29 is 5.11 Å². The van der Waals surface area contributed by atoms with E-state index in [1.54, 1.807) is 0 Å². The summed E-state index contributed by atoms with van der Waals surface area (Å²) < 4.78 is 0. The minimum Gasteiger partial charge on any atom is -0.393 e. The van der Waals surface area contributed by atoms with Crippen LogP contribution in [0.2, 0.25) is 0 Å². The lowest BCUT2D eigenvalue weighted by atomic mass is 9.98. The van der Waals surface area contributed by atoms with E-state index in [0.29, 0.717) is 12.0 Å². The minimum absolute atomic E-state index is 0.0518. The summed E-state index contributed by atoms with van der Waals surface area (Å²) in [7, 11) is 0. The van der Waals surface area contributed by atoms with Crippen LogP contribution in [0.5, 0.6) is 0 Å². The zero-order valence-corrected chi connectivity index (χ0v) is 7.51. The van der Waals surface area contributed by atoms with Gasteiger partial charge < -0.3 is 10.4 Å². The molecule has 1 aliphatic carbocycles. The predicted octanol–water partition coefficient (Wildman–Crippen LogP) is 1.15. The highest BCUT2D eigenvalue weighted by atomic mass is 16.3. The first-order valence-corrected chi connectivity index (χ1v) is 4.67. The largest absolute Gasteiger partial charge is 0.393 e. The molecule has 0 spiro atoms. The van der Waals surface area contributed by atoms with Crippen LogP contribution in [0.25, 0.3) is 0 Å². The van der Waals surface area contributed by atoms with Crippen LogP contribution >= 0.6 is 0 Å².